The first kappa shape index (κ1) is 20.5. The van der Waals surface area contributed by atoms with Gasteiger partial charge in [0.15, 0.2) is 0 Å². The molecule has 0 bridgehead atoms. The summed E-state index contributed by atoms with van der Waals surface area (Å²) in [7, 11) is 0. The van der Waals surface area contributed by atoms with Gasteiger partial charge in [-0.2, -0.15) is 0 Å². The summed E-state index contributed by atoms with van der Waals surface area (Å²) < 4.78 is 0.756. The van der Waals surface area contributed by atoms with Gasteiger partial charge in [-0.25, -0.2) is 0 Å². The van der Waals surface area contributed by atoms with Gasteiger partial charge in [-0.15, -0.1) is 0 Å². The van der Waals surface area contributed by atoms with Crippen LogP contribution >= 0.6 is 15.9 Å². The number of likely N-dealkylation sites (tertiary alicyclic amines) is 1. The Kier molecular flexibility index (Phi) is 6.49. The van der Waals surface area contributed by atoms with Gasteiger partial charge in [-0.1, -0.05) is 15.9 Å². The zero-order valence-electron chi connectivity index (χ0n) is 15.9. The highest BCUT2D eigenvalue weighted by Gasteiger charge is 2.35. The number of nitrogens with one attached hydrogen (secondary N) is 1. The largest absolute Gasteiger partial charge is 0.356 e. The summed E-state index contributed by atoms with van der Waals surface area (Å²) >= 11 is 3.32. The molecule has 150 valence electrons. The van der Waals surface area contributed by atoms with Crippen LogP contribution in [0.1, 0.15) is 53.3 Å². The number of benzene rings is 1. The van der Waals surface area contributed by atoms with E-state index >= 15 is 0 Å². The van der Waals surface area contributed by atoms with Gasteiger partial charge in [0.1, 0.15) is 0 Å². The highest BCUT2D eigenvalue weighted by atomic mass is 79.9. The first-order valence-electron chi connectivity index (χ1n) is 9.54. The molecule has 1 aromatic rings. The number of piperidine rings is 1. The molecule has 8 heteroatoms. The molecule has 0 saturated carbocycles. The number of nitrogens with zero attached hydrogens (tertiary/aromatic N) is 2. The van der Waals surface area contributed by atoms with E-state index in [9.17, 15) is 19.2 Å². The summed E-state index contributed by atoms with van der Waals surface area (Å²) in [6, 6.07) is 5.05. The molecule has 1 fully saturated rings. The Bertz CT molecular complexity index is 803. The number of hydrogen-bond acceptors (Lipinski definition) is 4. The van der Waals surface area contributed by atoms with Crippen molar-refractivity contribution in [1.82, 2.24) is 15.1 Å². The van der Waals surface area contributed by atoms with Gasteiger partial charge in [-0.05, 0) is 43.4 Å². The van der Waals surface area contributed by atoms with Crippen molar-refractivity contribution in [1.29, 1.82) is 0 Å². The maximum Gasteiger partial charge on any atom is 0.261 e. The minimum atomic E-state index is -0.299. The van der Waals surface area contributed by atoms with Crippen LogP contribution in [0.4, 0.5) is 0 Å². The van der Waals surface area contributed by atoms with Crippen molar-refractivity contribution >= 4 is 39.6 Å². The minimum absolute atomic E-state index is 0.0287. The highest BCUT2D eigenvalue weighted by molar-refractivity contribution is 9.10. The topological polar surface area (TPSA) is 86.8 Å². The molecule has 28 heavy (non-hydrogen) atoms. The van der Waals surface area contributed by atoms with E-state index in [2.05, 4.69) is 21.2 Å². The summed E-state index contributed by atoms with van der Waals surface area (Å²) in [4.78, 5) is 51.3. The fourth-order valence-electron chi connectivity index (χ4n) is 3.69. The van der Waals surface area contributed by atoms with E-state index in [0.717, 1.165) is 17.3 Å². The van der Waals surface area contributed by atoms with Crippen molar-refractivity contribution in [3.05, 3.63) is 33.8 Å². The SMILES string of the molecule is CC(=O)NCC1CCN(C(=O)CCCN2C(=O)c3ccc(Br)cc3C2=O)CC1. The Morgan fingerprint density at radius 1 is 1.14 bits per heavy atom. The molecule has 0 spiro atoms. The third kappa shape index (κ3) is 4.60. The average molecular weight is 450 g/mol. The minimum Gasteiger partial charge on any atom is -0.356 e. The molecule has 4 amide bonds. The number of amides is 4. The van der Waals surface area contributed by atoms with Crippen molar-refractivity contribution in [2.75, 3.05) is 26.2 Å². The van der Waals surface area contributed by atoms with Crippen LogP contribution in [-0.2, 0) is 9.59 Å². The fraction of sp³-hybridized carbons (Fsp3) is 0.500. The second-order valence-electron chi connectivity index (χ2n) is 7.32. The molecular formula is C20H24BrN3O4. The lowest BCUT2D eigenvalue weighted by Crippen LogP contribution is -2.41. The first-order chi connectivity index (χ1) is 13.4. The van der Waals surface area contributed by atoms with Gasteiger partial charge in [0.2, 0.25) is 11.8 Å². The summed E-state index contributed by atoms with van der Waals surface area (Å²) in [5.74, 6) is -0.159. The van der Waals surface area contributed by atoms with E-state index in [-0.39, 0.29) is 30.2 Å². The molecule has 0 aliphatic carbocycles. The van der Waals surface area contributed by atoms with E-state index in [0.29, 0.717) is 49.5 Å². The molecule has 2 heterocycles. The van der Waals surface area contributed by atoms with E-state index in [1.54, 1.807) is 18.2 Å². The Morgan fingerprint density at radius 3 is 2.50 bits per heavy atom. The summed E-state index contributed by atoms with van der Waals surface area (Å²) in [6.07, 6.45) is 2.52. The Labute approximate surface area is 172 Å². The summed E-state index contributed by atoms with van der Waals surface area (Å²) in [5.41, 5.74) is 0.827. The van der Waals surface area contributed by atoms with Crippen LogP contribution < -0.4 is 5.32 Å². The predicted molar refractivity (Wildman–Crippen MR) is 107 cm³/mol. The molecule has 0 unspecified atom stereocenters. The third-order valence-electron chi connectivity index (χ3n) is 5.31. The normalized spacial score (nSPS) is 17.1. The molecule has 0 atom stereocenters. The van der Waals surface area contributed by atoms with Crippen LogP contribution in [0.3, 0.4) is 0 Å². The first-order valence-corrected chi connectivity index (χ1v) is 10.3. The fourth-order valence-corrected chi connectivity index (χ4v) is 4.05. The maximum atomic E-state index is 12.4. The predicted octanol–water partition coefficient (Wildman–Crippen LogP) is 2.20. The molecule has 7 nitrogen and oxygen atoms in total. The Morgan fingerprint density at radius 2 is 1.82 bits per heavy atom. The van der Waals surface area contributed by atoms with Crippen molar-refractivity contribution in [3.8, 4) is 0 Å². The zero-order valence-corrected chi connectivity index (χ0v) is 17.5. The van der Waals surface area contributed by atoms with E-state index < -0.39 is 0 Å². The van der Waals surface area contributed by atoms with Crippen LogP contribution in [-0.4, -0.2) is 59.6 Å². The Balaban J connectivity index is 1.43. The molecule has 0 aromatic heterocycles. The maximum absolute atomic E-state index is 12.4. The van der Waals surface area contributed by atoms with Gasteiger partial charge in [0.05, 0.1) is 11.1 Å². The van der Waals surface area contributed by atoms with Crippen molar-refractivity contribution < 1.29 is 19.2 Å². The van der Waals surface area contributed by atoms with Crippen LogP contribution in [0.15, 0.2) is 22.7 Å². The number of carbonyl (C=O) groups is 4. The molecule has 1 saturated heterocycles. The number of halogens is 1. The number of rotatable bonds is 6. The number of imide groups is 1. The average Bonchev–Trinajstić information content (AvgIpc) is 2.91. The van der Waals surface area contributed by atoms with Crippen LogP contribution in [0.2, 0.25) is 0 Å². The van der Waals surface area contributed by atoms with Gasteiger partial charge in [0.25, 0.3) is 11.8 Å². The molecule has 1 N–H and O–H groups in total. The summed E-state index contributed by atoms with van der Waals surface area (Å²) in [5, 5.41) is 2.83. The smallest absolute Gasteiger partial charge is 0.261 e. The molecule has 1 aromatic carbocycles. The lowest BCUT2D eigenvalue weighted by atomic mass is 9.96. The quantitative estimate of drug-likeness (QED) is 0.674. The molecule has 2 aliphatic rings. The van der Waals surface area contributed by atoms with E-state index in [1.807, 2.05) is 4.90 Å². The lowest BCUT2D eigenvalue weighted by Gasteiger charge is -2.32. The zero-order chi connectivity index (χ0) is 20.3. The van der Waals surface area contributed by atoms with Crippen LogP contribution in [0, 0.1) is 5.92 Å². The van der Waals surface area contributed by atoms with Gasteiger partial charge in [-0.3, -0.25) is 24.1 Å². The van der Waals surface area contributed by atoms with Crippen molar-refractivity contribution in [2.45, 2.75) is 32.6 Å². The van der Waals surface area contributed by atoms with Gasteiger partial charge < -0.3 is 10.2 Å². The molecule has 3 rings (SSSR count). The number of fused-ring (bicyclic) bond motifs is 1. The highest BCUT2D eigenvalue weighted by Crippen LogP contribution is 2.26. The standard InChI is InChI=1S/C20H24BrN3O4/c1-13(25)22-12-14-6-9-23(10-7-14)18(26)3-2-8-24-19(27)16-5-4-15(21)11-17(16)20(24)28/h4-5,11,14H,2-3,6-10,12H2,1H3,(H,22,25). The molecule has 0 radical (unpaired) electrons. The molecule has 2 aliphatic heterocycles. The van der Waals surface area contributed by atoms with E-state index in [4.69, 9.17) is 0 Å². The Hall–Kier alpha value is -2.22. The third-order valence-corrected chi connectivity index (χ3v) is 5.81. The van der Waals surface area contributed by atoms with Crippen LogP contribution in [0.5, 0.6) is 0 Å². The van der Waals surface area contributed by atoms with Crippen LogP contribution in [0.25, 0.3) is 0 Å². The van der Waals surface area contributed by atoms with Gasteiger partial charge >= 0.3 is 0 Å². The second-order valence-corrected chi connectivity index (χ2v) is 8.23. The molecular weight excluding hydrogens is 426 g/mol. The number of carbonyl (C=O) groups excluding carboxylic acids is 4. The number of hydrogen-bond donors (Lipinski definition) is 1. The monoisotopic (exact) mass is 449 g/mol. The van der Waals surface area contributed by atoms with Gasteiger partial charge in [0, 0.05) is 44.0 Å². The summed E-state index contributed by atoms with van der Waals surface area (Å²) in [6.45, 7) is 3.78. The second kappa shape index (κ2) is 8.86. The lowest BCUT2D eigenvalue weighted by molar-refractivity contribution is -0.133. The van der Waals surface area contributed by atoms with Crippen molar-refractivity contribution in [3.63, 3.8) is 0 Å². The van der Waals surface area contributed by atoms with Crippen molar-refractivity contribution in [2.24, 2.45) is 5.92 Å². The van der Waals surface area contributed by atoms with E-state index in [1.165, 1.54) is 11.8 Å².